The van der Waals surface area contributed by atoms with E-state index in [1.54, 1.807) is 38.5 Å². The van der Waals surface area contributed by atoms with Gasteiger partial charge >= 0.3 is 0 Å². The molecular weight excluding hydrogens is 244 g/mol. The monoisotopic (exact) mass is 274 g/mol. The van der Waals surface area contributed by atoms with Crippen LogP contribution in [0.25, 0.3) is 0 Å². The van der Waals surface area contributed by atoms with Crippen LogP contribution in [0, 0.1) is 23.2 Å². The Morgan fingerprint density at radius 3 is 2.25 bits per heavy atom. The van der Waals surface area contributed by atoms with Gasteiger partial charge in [0, 0.05) is 18.6 Å². The first-order chi connectivity index (χ1) is 9.75. The van der Waals surface area contributed by atoms with Gasteiger partial charge in [0.1, 0.15) is 0 Å². The fraction of sp³-hybridized carbons (Fsp3) is 1.00. The molecule has 20 heavy (non-hydrogen) atoms. The summed E-state index contributed by atoms with van der Waals surface area (Å²) in [7, 11) is 0. The lowest BCUT2D eigenvalue weighted by Crippen LogP contribution is -2.55. The Kier molecular flexibility index (Phi) is 2.63. The summed E-state index contributed by atoms with van der Waals surface area (Å²) in [5.41, 5.74) is 1.32. The second-order valence-electron chi connectivity index (χ2n) is 9.09. The van der Waals surface area contributed by atoms with Crippen LogP contribution in [0.5, 0.6) is 0 Å². The average Bonchev–Trinajstić information content (AvgIpc) is 2.99. The number of hydrogen-bond acceptors (Lipinski definition) is 2. The molecule has 2 aliphatic heterocycles. The number of hydrogen-bond donors (Lipinski definition) is 1. The van der Waals surface area contributed by atoms with Crippen LogP contribution in [0.15, 0.2) is 0 Å². The third kappa shape index (κ3) is 1.76. The standard InChI is InChI=1S/C18H30N2/c1-2-18(3-4-19-12-18)20(5-1)13-17-9-14-6-15(10-17)8-16(7-14)11-17/h14-16,19H,1-13H2. The lowest BCUT2D eigenvalue weighted by molar-refractivity contribution is -0.0775. The van der Waals surface area contributed by atoms with E-state index in [1.165, 1.54) is 45.4 Å². The van der Waals surface area contributed by atoms with E-state index in [4.69, 9.17) is 0 Å². The minimum Gasteiger partial charge on any atom is -0.315 e. The molecule has 0 aromatic heterocycles. The van der Waals surface area contributed by atoms with Crippen LogP contribution >= 0.6 is 0 Å². The van der Waals surface area contributed by atoms with Gasteiger partial charge in [-0.25, -0.2) is 0 Å². The fourth-order valence-corrected chi connectivity index (χ4v) is 7.34. The number of rotatable bonds is 2. The van der Waals surface area contributed by atoms with Gasteiger partial charge in [0.15, 0.2) is 0 Å². The fourth-order valence-electron chi connectivity index (χ4n) is 7.34. The maximum atomic E-state index is 3.65. The Morgan fingerprint density at radius 2 is 1.65 bits per heavy atom. The first-order valence-electron chi connectivity index (χ1n) is 9.21. The Labute approximate surface area is 123 Å². The van der Waals surface area contributed by atoms with Crippen LogP contribution < -0.4 is 5.32 Å². The molecule has 4 bridgehead atoms. The van der Waals surface area contributed by atoms with E-state index in [0.717, 1.165) is 23.2 Å². The molecule has 1 atom stereocenters. The molecule has 2 heteroatoms. The molecule has 2 nitrogen and oxygen atoms in total. The van der Waals surface area contributed by atoms with Crippen molar-refractivity contribution in [1.82, 2.24) is 10.2 Å². The second kappa shape index (κ2) is 4.23. The molecule has 2 heterocycles. The maximum absolute atomic E-state index is 3.65. The molecule has 0 radical (unpaired) electrons. The molecule has 6 aliphatic rings. The van der Waals surface area contributed by atoms with Crippen molar-refractivity contribution in [3.05, 3.63) is 0 Å². The lowest BCUT2D eigenvalue weighted by Gasteiger charge is -2.58. The van der Waals surface area contributed by atoms with E-state index < -0.39 is 0 Å². The molecule has 0 aromatic rings. The van der Waals surface area contributed by atoms with Gasteiger partial charge in [-0.05, 0) is 94.0 Å². The molecule has 0 amide bonds. The van der Waals surface area contributed by atoms with Crippen molar-refractivity contribution in [3.63, 3.8) is 0 Å². The van der Waals surface area contributed by atoms with Gasteiger partial charge in [-0.2, -0.15) is 0 Å². The SMILES string of the molecule is C1CN(CC23CC4CC(CC(C4)C2)C3)C2(C1)CCNC2. The third-order valence-corrected chi connectivity index (χ3v) is 7.65. The zero-order valence-corrected chi connectivity index (χ0v) is 12.9. The van der Waals surface area contributed by atoms with Crippen molar-refractivity contribution in [3.8, 4) is 0 Å². The van der Waals surface area contributed by atoms with Crippen molar-refractivity contribution in [2.45, 2.75) is 63.3 Å². The van der Waals surface area contributed by atoms with Crippen molar-refractivity contribution in [1.29, 1.82) is 0 Å². The quantitative estimate of drug-likeness (QED) is 0.832. The molecular formula is C18H30N2. The smallest absolute Gasteiger partial charge is 0.0346 e. The molecule has 1 N–H and O–H groups in total. The molecule has 6 fully saturated rings. The summed E-state index contributed by atoms with van der Waals surface area (Å²) in [5, 5.41) is 3.65. The number of likely N-dealkylation sites (tertiary alicyclic amines) is 1. The van der Waals surface area contributed by atoms with Crippen molar-refractivity contribution >= 4 is 0 Å². The van der Waals surface area contributed by atoms with Gasteiger partial charge in [-0.15, -0.1) is 0 Å². The normalized spacial score (nSPS) is 54.3. The van der Waals surface area contributed by atoms with E-state index in [-0.39, 0.29) is 0 Å². The summed E-state index contributed by atoms with van der Waals surface area (Å²) in [5.74, 6) is 3.34. The molecule has 4 aliphatic carbocycles. The van der Waals surface area contributed by atoms with Crippen LogP contribution in [0.1, 0.15) is 57.8 Å². The van der Waals surface area contributed by atoms with Gasteiger partial charge in [0.05, 0.1) is 0 Å². The van der Waals surface area contributed by atoms with Crippen LogP contribution in [0.4, 0.5) is 0 Å². The maximum Gasteiger partial charge on any atom is 0.0346 e. The zero-order valence-electron chi connectivity index (χ0n) is 12.9. The molecule has 1 spiro atoms. The lowest BCUT2D eigenvalue weighted by atomic mass is 9.49. The van der Waals surface area contributed by atoms with Crippen LogP contribution in [0.2, 0.25) is 0 Å². The predicted molar refractivity (Wildman–Crippen MR) is 81.6 cm³/mol. The van der Waals surface area contributed by atoms with E-state index in [0.29, 0.717) is 5.54 Å². The summed E-state index contributed by atoms with van der Waals surface area (Å²) < 4.78 is 0. The molecule has 4 saturated carbocycles. The minimum atomic E-state index is 0.573. The van der Waals surface area contributed by atoms with Gasteiger partial charge < -0.3 is 5.32 Å². The number of nitrogens with one attached hydrogen (secondary N) is 1. The summed E-state index contributed by atoms with van der Waals surface area (Å²) in [6, 6.07) is 0. The van der Waals surface area contributed by atoms with Crippen LogP contribution in [-0.4, -0.2) is 36.6 Å². The number of nitrogens with zero attached hydrogens (tertiary/aromatic N) is 1. The summed E-state index contributed by atoms with van der Waals surface area (Å²) in [6.07, 6.45) is 13.8. The highest BCUT2D eigenvalue weighted by Gasteiger charge is 2.53. The van der Waals surface area contributed by atoms with Crippen molar-refractivity contribution < 1.29 is 0 Å². The molecule has 1 unspecified atom stereocenters. The predicted octanol–water partition coefficient (Wildman–Crippen LogP) is 3.03. The highest BCUT2D eigenvalue weighted by Crippen LogP contribution is 2.60. The molecule has 2 saturated heterocycles. The van der Waals surface area contributed by atoms with E-state index in [2.05, 4.69) is 10.2 Å². The Morgan fingerprint density at radius 1 is 0.950 bits per heavy atom. The summed E-state index contributed by atoms with van der Waals surface area (Å²) >= 11 is 0. The first-order valence-corrected chi connectivity index (χ1v) is 9.21. The van der Waals surface area contributed by atoms with E-state index in [9.17, 15) is 0 Å². The molecule has 0 aromatic carbocycles. The van der Waals surface area contributed by atoms with Crippen molar-refractivity contribution in [2.24, 2.45) is 23.2 Å². The van der Waals surface area contributed by atoms with Gasteiger partial charge in [-0.1, -0.05) is 0 Å². The largest absolute Gasteiger partial charge is 0.315 e. The minimum absolute atomic E-state index is 0.573. The average molecular weight is 274 g/mol. The second-order valence-corrected chi connectivity index (χ2v) is 9.09. The molecule has 6 rings (SSSR count). The highest BCUT2D eigenvalue weighted by molar-refractivity contribution is 5.07. The molecule has 112 valence electrons. The third-order valence-electron chi connectivity index (χ3n) is 7.65. The van der Waals surface area contributed by atoms with E-state index >= 15 is 0 Å². The van der Waals surface area contributed by atoms with Gasteiger partial charge in [0.25, 0.3) is 0 Å². The summed E-state index contributed by atoms with van der Waals surface area (Å²) in [6.45, 7) is 5.39. The van der Waals surface area contributed by atoms with Crippen LogP contribution in [-0.2, 0) is 0 Å². The van der Waals surface area contributed by atoms with Crippen LogP contribution in [0.3, 0.4) is 0 Å². The Hall–Kier alpha value is -0.0800. The Bertz CT molecular complexity index is 355. The zero-order chi connectivity index (χ0) is 13.2. The van der Waals surface area contributed by atoms with Gasteiger partial charge in [-0.3, -0.25) is 4.90 Å². The Balaban J connectivity index is 1.38. The van der Waals surface area contributed by atoms with Crippen molar-refractivity contribution in [2.75, 3.05) is 26.2 Å². The first kappa shape index (κ1) is 12.5. The van der Waals surface area contributed by atoms with E-state index in [1.807, 2.05) is 0 Å². The summed E-state index contributed by atoms with van der Waals surface area (Å²) in [4.78, 5) is 2.96. The highest BCUT2D eigenvalue weighted by atomic mass is 15.3. The topological polar surface area (TPSA) is 15.3 Å². The van der Waals surface area contributed by atoms with Gasteiger partial charge in [0.2, 0.25) is 0 Å².